The van der Waals surface area contributed by atoms with Crippen molar-refractivity contribution in [1.82, 2.24) is 0 Å². The Morgan fingerprint density at radius 3 is 0.803 bits per heavy atom. The van der Waals surface area contributed by atoms with E-state index < -0.39 is 24.6 Å². The number of carbonyl (C=O) groups excluding carboxylic acids is 4. The largest absolute Gasteiger partial charge is 2.00 e. The summed E-state index contributed by atoms with van der Waals surface area (Å²) in [5, 5.41) is 17.7. The van der Waals surface area contributed by atoms with Gasteiger partial charge in [0.2, 0.25) is 0 Å². The fourth-order valence-corrected chi connectivity index (χ4v) is 9.50. The van der Waals surface area contributed by atoms with Crippen LogP contribution >= 0.6 is 0 Å². The third kappa shape index (κ3) is 74.0. The second-order valence-electron chi connectivity index (χ2n) is 21.9. The van der Waals surface area contributed by atoms with Crippen LogP contribution in [0.5, 0.6) is 0 Å². The van der Waals surface area contributed by atoms with Crippen LogP contribution in [0.3, 0.4) is 0 Å². The van der Waals surface area contributed by atoms with Crippen LogP contribution in [0.4, 0.5) is 0 Å². The van der Waals surface area contributed by atoms with E-state index in [2.05, 4.69) is 25.5 Å². The van der Waals surface area contributed by atoms with Crippen molar-refractivity contribution in [1.29, 1.82) is 0 Å². The maximum Gasteiger partial charge on any atom is 2.00 e. The molecule has 11 heteroatoms. The summed E-state index contributed by atoms with van der Waals surface area (Å²) in [6.07, 6.45) is 67.6. The van der Waals surface area contributed by atoms with Crippen molar-refractivity contribution in [2.45, 2.75) is 361 Å². The number of aliphatic hydroxyl groups excluding tert-OH is 2. The number of carbonyl (C=O) groups is 4. The SMILES string of the molecule is CCCCCCCCCCCCCCCCCCCCCC(=O)OC(=O)CCCCCCCCCCCCCCCCC.CCCCCCCCCCCCCCCCCCOC(=O)/C=C/C(=O)OCC(O)CO.[Ca+2].[H-].[H-].[H-].[Na+]. The monoisotopic (exact) mass is 1110 g/mol. The first-order valence-electron chi connectivity index (χ1n) is 32.3. The van der Waals surface area contributed by atoms with E-state index >= 15 is 0 Å². The van der Waals surface area contributed by atoms with Crippen LogP contribution in [0.15, 0.2) is 12.2 Å². The van der Waals surface area contributed by atoms with E-state index in [1.54, 1.807) is 0 Å². The average molecular weight is 1120 g/mol. The molecule has 0 aliphatic heterocycles. The van der Waals surface area contributed by atoms with E-state index in [9.17, 15) is 19.2 Å². The average Bonchev–Trinajstić information content (AvgIpc) is 3.40. The molecule has 76 heavy (non-hydrogen) atoms. The predicted octanol–water partition coefficient (Wildman–Crippen LogP) is 16.3. The number of unbranched alkanes of at least 4 members (excludes halogenated alkanes) is 47. The molecule has 0 aromatic rings. The minimum absolute atomic E-state index is 0. The van der Waals surface area contributed by atoms with Crippen LogP contribution in [0, 0.1) is 0 Å². The van der Waals surface area contributed by atoms with Crippen LogP contribution in [-0.2, 0) is 33.4 Å². The van der Waals surface area contributed by atoms with Gasteiger partial charge in [0, 0.05) is 25.0 Å². The molecule has 0 heterocycles. The smallest absolute Gasteiger partial charge is 1.00 e. The van der Waals surface area contributed by atoms with Gasteiger partial charge in [-0.05, 0) is 19.3 Å². The Labute approximate surface area is 527 Å². The molecule has 0 amide bonds. The molecular formula is C65H127CaNaO9. The minimum atomic E-state index is -1.11. The third-order valence-corrected chi connectivity index (χ3v) is 14.4. The Kier molecular flexibility index (Phi) is 79.2. The maximum absolute atomic E-state index is 12.0. The summed E-state index contributed by atoms with van der Waals surface area (Å²) in [5.41, 5.74) is 0. The number of hydrogen-bond acceptors (Lipinski definition) is 9. The van der Waals surface area contributed by atoms with E-state index in [0.29, 0.717) is 19.4 Å². The van der Waals surface area contributed by atoms with Crippen molar-refractivity contribution in [3.05, 3.63) is 12.2 Å². The summed E-state index contributed by atoms with van der Waals surface area (Å²) >= 11 is 0. The Bertz CT molecular complexity index is 1220. The summed E-state index contributed by atoms with van der Waals surface area (Å²) in [7, 11) is 0. The maximum atomic E-state index is 12.0. The molecule has 0 aromatic carbocycles. The second-order valence-corrected chi connectivity index (χ2v) is 21.9. The fourth-order valence-electron chi connectivity index (χ4n) is 9.50. The zero-order chi connectivity index (χ0) is 54.3. The second kappa shape index (κ2) is 73.0. The molecule has 444 valence electrons. The summed E-state index contributed by atoms with van der Waals surface area (Å²) in [6, 6.07) is 0. The fraction of sp³-hybridized carbons (Fsp3) is 0.908. The van der Waals surface area contributed by atoms with Gasteiger partial charge in [-0.1, -0.05) is 323 Å². The van der Waals surface area contributed by atoms with Crippen LogP contribution in [0.25, 0.3) is 0 Å². The molecule has 9 nitrogen and oxygen atoms in total. The first kappa shape index (κ1) is 82.5. The van der Waals surface area contributed by atoms with E-state index in [0.717, 1.165) is 57.1 Å². The quantitative estimate of drug-likeness (QED) is 0.0152. The van der Waals surface area contributed by atoms with Gasteiger partial charge in [0.15, 0.2) is 0 Å². The van der Waals surface area contributed by atoms with E-state index in [1.165, 1.54) is 276 Å². The zero-order valence-corrected chi connectivity index (χ0v) is 55.3. The van der Waals surface area contributed by atoms with Gasteiger partial charge in [-0.15, -0.1) is 0 Å². The number of esters is 4. The van der Waals surface area contributed by atoms with Crippen molar-refractivity contribution in [2.24, 2.45) is 0 Å². The van der Waals surface area contributed by atoms with Gasteiger partial charge < -0.3 is 28.7 Å². The van der Waals surface area contributed by atoms with E-state index in [4.69, 9.17) is 19.7 Å². The van der Waals surface area contributed by atoms with Crippen molar-refractivity contribution >= 4 is 61.6 Å². The Morgan fingerprint density at radius 2 is 0.566 bits per heavy atom. The van der Waals surface area contributed by atoms with Gasteiger partial charge in [-0.25, -0.2) is 9.59 Å². The van der Waals surface area contributed by atoms with Crippen LogP contribution in [-0.4, -0.2) is 97.8 Å². The van der Waals surface area contributed by atoms with Crippen molar-refractivity contribution < 1.29 is 77.4 Å². The van der Waals surface area contributed by atoms with Gasteiger partial charge in [0.1, 0.15) is 12.7 Å². The molecule has 0 fully saturated rings. The van der Waals surface area contributed by atoms with Crippen LogP contribution in [0.1, 0.15) is 359 Å². The molecule has 0 bridgehead atoms. The molecule has 1 unspecified atom stereocenters. The first-order chi connectivity index (χ1) is 36.3. The summed E-state index contributed by atoms with van der Waals surface area (Å²) in [5.74, 6) is -1.98. The molecule has 0 spiro atoms. The predicted molar refractivity (Wildman–Crippen MR) is 321 cm³/mol. The molecule has 0 saturated carbocycles. The molecule has 2 N–H and O–H groups in total. The zero-order valence-electron chi connectivity index (χ0n) is 54.1. The molecule has 1 atom stereocenters. The van der Waals surface area contributed by atoms with Gasteiger partial charge in [-0.3, -0.25) is 9.59 Å². The topological polar surface area (TPSA) is 136 Å². The van der Waals surface area contributed by atoms with E-state index in [1.807, 2.05) is 0 Å². The standard InChI is InChI=1S/C40H78O3.C25H46O6.Ca.Na.3H/c1-3-5-7-9-11-13-15-17-19-20-21-22-24-26-28-30-32-34-36-38-40(42)43-39(41)37-35-33-31-29-27-25-23-18-16-14-12-10-8-6-4-2;1-2-3-4-5-6-7-8-9-10-11-12-13-14-15-16-17-20-30-24(28)18-19-25(29)31-22-23(27)21-26;;;;;/h3-38H2,1-2H3;18-19,23,26-27H,2-17,20-22H2,1H3;;;;;/q;;+2;+1;3*-1/b;19-18+;;;;;. The molecule has 0 aliphatic carbocycles. The molecular weight excluding hydrogens is 988 g/mol. The van der Waals surface area contributed by atoms with Crippen molar-refractivity contribution in [3.8, 4) is 0 Å². The van der Waals surface area contributed by atoms with Gasteiger partial charge in [-0.2, -0.15) is 0 Å². The van der Waals surface area contributed by atoms with E-state index in [-0.39, 0.29) is 90.1 Å². The third-order valence-electron chi connectivity index (χ3n) is 14.4. The summed E-state index contributed by atoms with van der Waals surface area (Å²) in [6.45, 7) is 6.38. The van der Waals surface area contributed by atoms with Gasteiger partial charge in [0.05, 0.1) is 13.2 Å². The first-order valence-corrected chi connectivity index (χ1v) is 32.3. The summed E-state index contributed by atoms with van der Waals surface area (Å²) in [4.78, 5) is 46.7. The minimum Gasteiger partial charge on any atom is -1.00 e. The Balaban J connectivity index is -0.000000258. The van der Waals surface area contributed by atoms with Gasteiger partial charge in [0.25, 0.3) is 0 Å². The normalized spacial score (nSPS) is 11.4. The van der Waals surface area contributed by atoms with Gasteiger partial charge >= 0.3 is 91.2 Å². The number of rotatable bonds is 58. The molecule has 0 radical (unpaired) electrons. The Morgan fingerprint density at radius 1 is 0.355 bits per heavy atom. The molecule has 0 saturated heterocycles. The van der Waals surface area contributed by atoms with Crippen molar-refractivity contribution in [2.75, 3.05) is 19.8 Å². The van der Waals surface area contributed by atoms with Crippen molar-refractivity contribution in [3.63, 3.8) is 0 Å². The molecule has 0 rings (SSSR count). The summed E-state index contributed by atoms with van der Waals surface area (Å²) < 4.78 is 14.7. The number of hydrogen-bond donors (Lipinski definition) is 2. The number of ether oxygens (including phenoxy) is 3. The Hall–Kier alpha value is -0.000260. The molecule has 0 aliphatic rings. The van der Waals surface area contributed by atoms with Crippen LogP contribution in [0.2, 0.25) is 0 Å². The number of aliphatic hydroxyl groups is 2. The van der Waals surface area contributed by atoms with Crippen LogP contribution < -0.4 is 29.6 Å². The molecule has 0 aromatic heterocycles.